The summed E-state index contributed by atoms with van der Waals surface area (Å²) < 4.78 is 0.974. The summed E-state index contributed by atoms with van der Waals surface area (Å²) in [5.41, 5.74) is 0.884. The van der Waals surface area contributed by atoms with Crippen LogP contribution in [0.15, 0.2) is 35.1 Å². The Morgan fingerprint density at radius 3 is 2.89 bits per heavy atom. The third-order valence-electron chi connectivity index (χ3n) is 3.37. The highest BCUT2D eigenvalue weighted by Crippen LogP contribution is 2.31. The number of pyridine rings is 1. The Kier molecular flexibility index (Phi) is 3.06. The number of rotatable bonds is 1. The highest BCUT2D eigenvalue weighted by Gasteiger charge is 2.29. The topological polar surface area (TPSA) is 59.1 Å². The van der Waals surface area contributed by atoms with E-state index in [1.54, 1.807) is 12.4 Å². The van der Waals surface area contributed by atoms with Crippen molar-refractivity contribution in [1.82, 2.24) is 10.3 Å². The van der Waals surface area contributed by atoms with Crippen LogP contribution in [0.1, 0.15) is 24.3 Å². The van der Waals surface area contributed by atoms with Crippen molar-refractivity contribution in [3.63, 3.8) is 0 Å². The van der Waals surface area contributed by atoms with E-state index in [0.29, 0.717) is 12.8 Å². The molecule has 0 saturated carbocycles. The van der Waals surface area contributed by atoms with Crippen LogP contribution in [0.5, 0.6) is 0 Å². The lowest BCUT2D eigenvalue weighted by molar-refractivity contribution is -0.134. The molecule has 1 saturated heterocycles. The van der Waals surface area contributed by atoms with Gasteiger partial charge in [-0.05, 0) is 29.5 Å². The lowest BCUT2D eigenvalue weighted by Gasteiger charge is -2.22. The van der Waals surface area contributed by atoms with Crippen LogP contribution in [0.4, 0.5) is 0 Å². The Balaban J connectivity index is 2.10. The molecule has 19 heavy (non-hydrogen) atoms. The molecular weight excluding hydrogens is 308 g/mol. The maximum absolute atomic E-state index is 11.9. The zero-order valence-electron chi connectivity index (χ0n) is 10.0. The number of fused-ring (bicyclic) bond motifs is 1. The molecule has 1 aliphatic rings. The van der Waals surface area contributed by atoms with Crippen molar-refractivity contribution in [2.45, 2.75) is 18.8 Å². The number of benzene rings is 1. The molecule has 2 amide bonds. The molecule has 2 heterocycles. The van der Waals surface area contributed by atoms with Crippen LogP contribution >= 0.6 is 15.9 Å². The maximum Gasteiger partial charge on any atom is 0.234 e. The number of hydrogen-bond acceptors (Lipinski definition) is 3. The van der Waals surface area contributed by atoms with Gasteiger partial charge in [0.2, 0.25) is 11.8 Å². The second kappa shape index (κ2) is 4.74. The molecule has 3 rings (SSSR count). The number of nitrogens with zero attached hydrogens (tertiary/aromatic N) is 1. The number of carbonyl (C=O) groups is 2. The molecule has 0 spiro atoms. The summed E-state index contributed by atoms with van der Waals surface area (Å²) in [7, 11) is 0. The van der Waals surface area contributed by atoms with Crippen LogP contribution in [-0.4, -0.2) is 16.8 Å². The first kappa shape index (κ1) is 12.3. The Labute approximate surface area is 118 Å². The second-order valence-electron chi connectivity index (χ2n) is 4.60. The van der Waals surface area contributed by atoms with Crippen LogP contribution in [0.25, 0.3) is 10.8 Å². The van der Waals surface area contributed by atoms with Gasteiger partial charge in [-0.3, -0.25) is 19.9 Å². The van der Waals surface area contributed by atoms with E-state index in [1.165, 1.54) is 0 Å². The molecule has 0 bridgehead atoms. The molecule has 1 aliphatic heterocycles. The van der Waals surface area contributed by atoms with Gasteiger partial charge in [0, 0.05) is 28.7 Å². The lowest BCUT2D eigenvalue weighted by atomic mass is 9.89. The number of imide groups is 1. The third-order valence-corrected chi connectivity index (χ3v) is 3.86. The number of amides is 2. The SMILES string of the molecule is O=C1CCC(c2cncc3cc(Br)ccc23)C(=O)N1. The average molecular weight is 319 g/mol. The van der Waals surface area contributed by atoms with Crippen molar-refractivity contribution in [3.05, 3.63) is 40.6 Å². The van der Waals surface area contributed by atoms with E-state index in [4.69, 9.17) is 0 Å². The van der Waals surface area contributed by atoms with Gasteiger partial charge >= 0.3 is 0 Å². The van der Waals surface area contributed by atoms with E-state index in [0.717, 1.165) is 20.8 Å². The third kappa shape index (κ3) is 2.26. The molecule has 4 nitrogen and oxygen atoms in total. The lowest BCUT2D eigenvalue weighted by Crippen LogP contribution is -2.39. The summed E-state index contributed by atoms with van der Waals surface area (Å²) in [5.74, 6) is -0.722. The van der Waals surface area contributed by atoms with E-state index >= 15 is 0 Å². The summed E-state index contributed by atoms with van der Waals surface area (Å²) in [5, 5.41) is 4.38. The van der Waals surface area contributed by atoms with Crippen molar-refractivity contribution >= 4 is 38.5 Å². The van der Waals surface area contributed by atoms with Gasteiger partial charge in [-0.25, -0.2) is 0 Å². The van der Waals surface area contributed by atoms with Crippen molar-refractivity contribution in [3.8, 4) is 0 Å². The summed E-state index contributed by atoms with van der Waals surface area (Å²) in [4.78, 5) is 27.3. The van der Waals surface area contributed by atoms with E-state index < -0.39 is 0 Å². The minimum Gasteiger partial charge on any atom is -0.296 e. The number of carbonyl (C=O) groups excluding carboxylic acids is 2. The fraction of sp³-hybridized carbons (Fsp3) is 0.214. The van der Waals surface area contributed by atoms with E-state index in [1.807, 2.05) is 18.2 Å². The zero-order chi connectivity index (χ0) is 13.4. The molecule has 1 N–H and O–H groups in total. The fourth-order valence-corrected chi connectivity index (χ4v) is 2.82. The Bertz CT molecular complexity index is 684. The summed E-state index contributed by atoms with van der Waals surface area (Å²) >= 11 is 3.42. The Morgan fingerprint density at radius 2 is 2.11 bits per heavy atom. The highest BCUT2D eigenvalue weighted by molar-refractivity contribution is 9.10. The van der Waals surface area contributed by atoms with Gasteiger partial charge in [-0.15, -0.1) is 0 Å². The molecule has 1 unspecified atom stereocenters. The van der Waals surface area contributed by atoms with Crippen molar-refractivity contribution < 1.29 is 9.59 Å². The largest absolute Gasteiger partial charge is 0.296 e. The second-order valence-corrected chi connectivity index (χ2v) is 5.51. The molecular formula is C14H11BrN2O2. The van der Waals surface area contributed by atoms with Gasteiger partial charge in [0.05, 0.1) is 5.92 Å². The van der Waals surface area contributed by atoms with Crippen molar-refractivity contribution in [1.29, 1.82) is 0 Å². The molecule has 1 atom stereocenters. The summed E-state index contributed by atoms with van der Waals surface area (Å²) in [6, 6.07) is 5.88. The number of halogens is 1. The number of hydrogen-bond donors (Lipinski definition) is 1. The Hall–Kier alpha value is -1.75. The molecule has 96 valence electrons. The van der Waals surface area contributed by atoms with Crippen molar-refractivity contribution in [2.24, 2.45) is 0 Å². The highest BCUT2D eigenvalue weighted by atomic mass is 79.9. The normalized spacial score (nSPS) is 19.5. The standard InChI is InChI=1S/C14H11BrN2O2/c15-9-1-2-10-8(5-9)6-16-7-12(10)11-3-4-13(18)17-14(11)19/h1-2,5-7,11H,3-4H2,(H,17,18,19). The predicted octanol–water partition coefficient (Wildman–Crippen LogP) is 2.52. The van der Waals surface area contributed by atoms with Crippen LogP contribution in [0.3, 0.4) is 0 Å². The molecule has 0 aliphatic carbocycles. The molecule has 5 heteroatoms. The monoisotopic (exact) mass is 318 g/mol. The molecule has 0 radical (unpaired) electrons. The van der Waals surface area contributed by atoms with E-state index in [2.05, 4.69) is 26.2 Å². The van der Waals surface area contributed by atoms with Gasteiger partial charge in [-0.1, -0.05) is 22.0 Å². The minimum atomic E-state index is -0.296. The van der Waals surface area contributed by atoms with Crippen LogP contribution in [0.2, 0.25) is 0 Å². The number of nitrogens with one attached hydrogen (secondary N) is 1. The Morgan fingerprint density at radius 1 is 1.26 bits per heavy atom. The fourth-order valence-electron chi connectivity index (χ4n) is 2.44. The average Bonchev–Trinajstić information content (AvgIpc) is 2.38. The molecule has 2 aromatic rings. The first-order valence-corrected chi connectivity index (χ1v) is 6.81. The van der Waals surface area contributed by atoms with Gasteiger partial charge in [0.25, 0.3) is 0 Å². The number of aromatic nitrogens is 1. The van der Waals surface area contributed by atoms with Crippen LogP contribution < -0.4 is 5.32 Å². The minimum absolute atomic E-state index is 0.197. The van der Waals surface area contributed by atoms with E-state index in [-0.39, 0.29) is 17.7 Å². The summed E-state index contributed by atoms with van der Waals surface area (Å²) in [6.07, 6.45) is 4.41. The summed E-state index contributed by atoms with van der Waals surface area (Å²) in [6.45, 7) is 0. The molecule has 1 aromatic heterocycles. The first-order chi connectivity index (χ1) is 9.15. The quantitative estimate of drug-likeness (QED) is 0.822. The first-order valence-electron chi connectivity index (χ1n) is 6.02. The van der Waals surface area contributed by atoms with Crippen LogP contribution in [0, 0.1) is 0 Å². The van der Waals surface area contributed by atoms with Gasteiger partial charge in [0.1, 0.15) is 0 Å². The smallest absolute Gasteiger partial charge is 0.234 e. The van der Waals surface area contributed by atoms with Crippen LogP contribution in [-0.2, 0) is 9.59 Å². The molecule has 1 fully saturated rings. The predicted molar refractivity (Wildman–Crippen MR) is 74.6 cm³/mol. The van der Waals surface area contributed by atoms with Gasteiger partial charge < -0.3 is 0 Å². The maximum atomic E-state index is 11.9. The number of piperidine rings is 1. The van der Waals surface area contributed by atoms with E-state index in [9.17, 15) is 9.59 Å². The zero-order valence-corrected chi connectivity index (χ0v) is 11.6. The van der Waals surface area contributed by atoms with Crippen molar-refractivity contribution in [2.75, 3.05) is 0 Å². The van der Waals surface area contributed by atoms with Gasteiger partial charge in [0.15, 0.2) is 0 Å². The molecule has 1 aromatic carbocycles. The van der Waals surface area contributed by atoms with Gasteiger partial charge in [-0.2, -0.15) is 0 Å².